The first-order chi connectivity index (χ1) is 11.5. The minimum absolute atomic E-state index is 0.00237. The fraction of sp³-hybridized carbons (Fsp3) is 0.235. The highest BCUT2D eigenvalue weighted by molar-refractivity contribution is 7.09. The number of para-hydroxylation sites is 1. The topological polar surface area (TPSA) is 84.9 Å². The molecule has 0 unspecified atom stereocenters. The third-order valence-electron chi connectivity index (χ3n) is 3.54. The Morgan fingerprint density at radius 2 is 2.21 bits per heavy atom. The van der Waals surface area contributed by atoms with Crippen LogP contribution in [0.25, 0.3) is 11.0 Å². The molecule has 0 amide bonds. The van der Waals surface area contributed by atoms with Crippen LogP contribution in [0.2, 0.25) is 0 Å². The van der Waals surface area contributed by atoms with Crippen molar-refractivity contribution >= 4 is 28.0 Å². The molecule has 2 aromatic heterocycles. The van der Waals surface area contributed by atoms with Crippen molar-refractivity contribution in [1.29, 1.82) is 0 Å². The maximum absolute atomic E-state index is 12.2. The van der Waals surface area contributed by atoms with Crippen molar-refractivity contribution in [2.75, 3.05) is 0 Å². The third-order valence-corrected chi connectivity index (χ3v) is 4.37. The van der Waals surface area contributed by atoms with Crippen LogP contribution < -0.4 is 5.63 Å². The van der Waals surface area contributed by atoms with Crippen molar-refractivity contribution in [1.82, 2.24) is 4.98 Å². The molecule has 1 aromatic carbocycles. The molecule has 3 aromatic rings. The van der Waals surface area contributed by atoms with E-state index in [1.807, 2.05) is 25.3 Å². The van der Waals surface area contributed by atoms with Gasteiger partial charge in [0.15, 0.2) is 6.61 Å². The number of oxime groups is 1. The van der Waals surface area contributed by atoms with Crippen molar-refractivity contribution in [2.45, 2.75) is 27.4 Å². The SMILES string of the molecule is CC(=NOCc1csc(C)n1)c1c(O)c2cccc(C)c2oc1=O. The van der Waals surface area contributed by atoms with Crippen LogP contribution in [-0.4, -0.2) is 15.8 Å². The van der Waals surface area contributed by atoms with E-state index in [0.717, 1.165) is 16.3 Å². The molecule has 2 heterocycles. The zero-order chi connectivity index (χ0) is 17.3. The number of rotatable bonds is 4. The number of aryl methyl sites for hydroxylation is 2. The van der Waals surface area contributed by atoms with Crippen molar-refractivity contribution < 1.29 is 14.4 Å². The number of thiazole rings is 1. The second-order valence-corrected chi connectivity index (χ2v) is 6.43. The summed E-state index contributed by atoms with van der Waals surface area (Å²) in [6.07, 6.45) is 0. The van der Waals surface area contributed by atoms with Gasteiger partial charge in [0.2, 0.25) is 0 Å². The van der Waals surface area contributed by atoms with Crippen LogP contribution >= 0.6 is 11.3 Å². The van der Waals surface area contributed by atoms with Crippen LogP contribution in [0.15, 0.2) is 37.9 Å². The molecule has 0 fully saturated rings. The Labute approximate surface area is 142 Å². The molecule has 0 bridgehead atoms. The maximum Gasteiger partial charge on any atom is 0.349 e. The zero-order valence-corrected chi connectivity index (χ0v) is 14.3. The van der Waals surface area contributed by atoms with Gasteiger partial charge >= 0.3 is 5.63 Å². The van der Waals surface area contributed by atoms with Crippen molar-refractivity contribution in [3.63, 3.8) is 0 Å². The minimum Gasteiger partial charge on any atom is -0.506 e. The summed E-state index contributed by atoms with van der Waals surface area (Å²) in [5.74, 6) is -0.153. The average molecular weight is 344 g/mol. The van der Waals surface area contributed by atoms with Gasteiger partial charge in [0.1, 0.15) is 16.9 Å². The normalized spacial score (nSPS) is 11.9. The van der Waals surface area contributed by atoms with Gasteiger partial charge < -0.3 is 14.4 Å². The molecule has 0 spiro atoms. The first-order valence-electron chi connectivity index (χ1n) is 7.30. The van der Waals surface area contributed by atoms with E-state index in [4.69, 9.17) is 9.25 Å². The lowest BCUT2D eigenvalue weighted by molar-refractivity contribution is 0.128. The van der Waals surface area contributed by atoms with Gasteiger partial charge in [-0.1, -0.05) is 17.3 Å². The zero-order valence-electron chi connectivity index (χ0n) is 13.5. The summed E-state index contributed by atoms with van der Waals surface area (Å²) in [5.41, 5.74) is 1.51. The summed E-state index contributed by atoms with van der Waals surface area (Å²) >= 11 is 1.52. The van der Waals surface area contributed by atoms with Crippen molar-refractivity contribution in [3.05, 3.63) is 55.8 Å². The molecule has 0 saturated carbocycles. The summed E-state index contributed by atoms with van der Waals surface area (Å²) in [4.78, 5) is 21.7. The quantitative estimate of drug-likeness (QED) is 0.445. The molecule has 0 aliphatic heterocycles. The Hall–Kier alpha value is -2.67. The number of hydrogen-bond acceptors (Lipinski definition) is 7. The molecule has 7 heteroatoms. The van der Waals surface area contributed by atoms with Crippen LogP contribution in [0.3, 0.4) is 0 Å². The Morgan fingerprint density at radius 1 is 1.42 bits per heavy atom. The van der Waals surface area contributed by atoms with Crippen molar-refractivity contribution in [3.8, 4) is 5.75 Å². The highest BCUT2D eigenvalue weighted by Crippen LogP contribution is 2.28. The van der Waals surface area contributed by atoms with Crippen LogP contribution in [0.1, 0.15) is 28.8 Å². The fourth-order valence-corrected chi connectivity index (χ4v) is 2.98. The van der Waals surface area contributed by atoms with E-state index < -0.39 is 5.63 Å². The van der Waals surface area contributed by atoms with E-state index in [-0.39, 0.29) is 23.6 Å². The predicted molar refractivity (Wildman–Crippen MR) is 92.7 cm³/mol. The molecule has 24 heavy (non-hydrogen) atoms. The fourth-order valence-electron chi connectivity index (χ4n) is 2.38. The number of aromatic nitrogens is 1. The lowest BCUT2D eigenvalue weighted by Gasteiger charge is -2.07. The second-order valence-electron chi connectivity index (χ2n) is 5.37. The Morgan fingerprint density at radius 3 is 2.92 bits per heavy atom. The average Bonchev–Trinajstić information content (AvgIpc) is 2.94. The Bertz CT molecular complexity index is 988. The van der Waals surface area contributed by atoms with Gasteiger partial charge in [0, 0.05) is 5.38 Å². The Kier molecular flexibility index (Phi) is 4.35. The molecular formula is C17H16N2O4S. The lowest BCUT2D eigenvalue weighted by Crippen LogP contribution is -2.13. The molecule has 0 atom stereocenters. The second kappa shape index (κ2) is 6.45. The summed E-state index contributed by atoms with van der Waals surface area (Å²) in [5, 5.41) is 17.6. The number of fused-ring (bicyclic) bond motifs is 1. The molecule has 0 radical (unpaired) electrons. The molecule has 0 saturated heterocycles. The minimum atomic E-state index is -0.649. The number of aromatic hydroxyl groups is 1. The van der Waals surface area contributed by atoms with E-state index in [2.05, 4.69) is 10.1 Å². The summed E-state index contributed by atoms with van der Waals surface area (Å²) in [7, 11) is 0. The summed E-state index contributed by atoms with van der Waals surface area (Å²) in [6, 6.07) is 5.29. The lowest BCUT2D eigenvalue weighted by atomic mass is 10.1. The summed E-state index contributed by atoms with van der Waals surface area (Å²) < 4.78 is 5.33. The van der Waals surface area contributed by atoms with E-state index in [1.54, 1.807) is 19.1 Å². The molecule has 3 rings (SSSR count). The molecule has 6 nitrogen and oxygen atoms in total. The number of nitrogens with zero attached hydrogens (tertiary/aromatic N) is 2. The molecular weight excluding hydrogens is 328 g/mol. The van der Waals surface area contributed by atoms with E-state index >= 15 is 0 Å². The van der Waals surface area contributed by atoms with Gasteiger partial charge in [-0.2, -0.15) is 0 Å². The third kappa shape index (κ3) is 3.03. The van der Waals surface area contributed by atoms with Crippen LogP contribution in [0.5, 0.6) is 5.75 Å². The predicted octanol–water partition coefficient (Wildman–Crippen LogP) is 3.51. The molecule has 0 aliphatic rings. The first kappa shape index (κ1) is 16.2. The van der Waals surface area contributed by atoms with Gasteiger partial charge in [0.05, 0.1) is 21.8 Å². The smallest absolute Gasteiger partial charge is 0.349 e. The summed E-state index contributed by atoms with van der Waals surface area (Å²) in [6.45, 7) is 5.49. The van der Waals surface area contributed by atoms with Gasteiger partial charge in [-0.25, -0.2) is 9.78 Å². The monoisotopic (exact) mass is 344 g/mol. The largest absolute Gasteiger partial charge is 0.506 e. The number of hydrogen-bond donors (Lipinski definition) is 1. The standard InChI is InChI=1S/C17H16N2O4S/c1-9-5-4-6-13-15(20)14(17(21)23-16(9)13)10(2)19-22-7-12-8-24-11(3)18-12/h4-6,8,20H,7H2,1-3H3. The molecule has 124 valence electrons. The van der Waals surface area contributed by atoms with Crippen LogP contribution in [0, 0.1) is 13.8 Å². The van der Waals surface area contributed by atoms with E-state index in [1.165, 1.54) is 11.3 Å². The number of benzene rings is 1. The van der Waals surface area contributed by atoms with Gasteiger partial charge in [-0.3, -0.25) is 0 Å². The maximum atomic E-state index is 12.2. The molecule has 0 aliphatic carbocycles. The highest BCUT2D eigenvalue weighted by Gasteiger charge is 2.17. The van der Waals surface area contributed by atoms with E-state index in [9.17, 15) is 9.90 Å². The van der Waals surface area contributed by atoms with Gasteiger partial charge in [-0.15, -0.1) is 11.3 Å². The van der Waals surface area contributed by atoms with Crippen LogP contribution in [0.4, 0.5) is 0 Å². The first-order valence-corrected chi connectivity index (χ1v) is 8.18. The van der Waals surface area contributed by atoms with Gasteiger partial charge in [0.25, 0.3) is 0 Å². The highest BCUT2D eigenvalue weighted by atomic mass is 32.1. The van der Waals surface area contributed by atoms with E-state index in [0.29, 0.717) is 11.0 Å². The molecule has 1 N–H and O–H groups in total. The van der Waals surface area contributed by atoms with Crippen molar-refractivity contribution in [2.24, 2.45) is 5.16 Å². The Balaban J connectivity index is 1.93. The van der Waals surface area contributed by atoms with Crippen LogP contribution in [-0.2, 0) is 11.4 Å². The van der Waals surface area contributed by atoms with Gasteiger partial charge in [-0.05, 0) is 32.4 Å².